The lowest BCUT2D eigenvalue weighted by Gasteiger charge is -2.29. The van der Waals surface area contributed by atoms with E-state index in [2.05, 4.69) is 164 Å². The Morgan fingerprint density at radius 2 is 1.25 bits per heavy atom. The highest BCUT2D eigenvalue weighted by molar-refractivity contribution is 5.95. The molecule has 1 heteroatoms. The van der Waals surface area contributed by atoms with Crippen LogP contribution in [0, 0.1) is 0 Å². The molecule has 0 bridgehead atoms. The third kappa shape index (κ3) is 4.10. The van der Waals surface area contributed by atoms with E-state index in [4.69, 9.17) is 0 Å². The molecule has 0 fully saturated rings. The Labute approximate surface area is 237 Å². The molecule has 2 aliphatic carbocycles. The van der Waals surface area contributed by atoms with Gasteiger partial charge in [-0.05, 0) is 70.1 Å². The van der Waals surface area contributed by atoms with Crippen LogP contribution in [0.3, 0.4) is 0 Å². The van der Waals surface area contributed by atoms with Crippen molar-refractivity contribution >= 4 is 17.1 Å². The zero-order valence-corrected chi connectivity index (χ0v) is 23.1. The molecule has 0 aliphatic heterocycles. The summed E-state index contributed by atoms with van der Waals surface area (Å²) in [6.07, 6.45) is 9.92. The molecule has 0 N–H and O–H groups in total. The number of hydrogen-bond acceptors (Lipinski definition) is 1. The molecule has 0 heterocycles. The lowest BCUT2D eigenvalue weighted by Crippen LogP contribution is -2.16. The van der Waals surface area contributed by atoms with Crippen molar-refractivity contribution in [2.45, 2.75) is 31.6 Å². The van der Waals surface area contributed by atoms with Crippen molar-refractivity contribution < 1.29 is 0 Å². The molecular formula is C39H33N. The Kier molecular flexibility index (Phi) is 6.01. The molecule has 40 heavy (non-hydrogen) atoms. The van der Waals surface area contributed by atoms with Crippen molar-refractivity contribution in [2.24, 2.45) is 0 Å². The van der Waals surface area contributed by atoms with E-state index in [1.807, 2.05) is 0 Å². The number of hydrogen-bond donors (Lipinski definition) is 0. The first-order valence-electron chi connectivity index (χ1n) is 14.2. The van der Waals surface area contributed by atoms with Crippen LogP contribution in [0.1, 0.15) is 42.9 Å². The first-order valence-corrected chi connectivity index (χ1v) is 14.2. The molecule has 1 nitrogen and oxygen atoms in total. The summed E-state index contributed by atoms with van der Waals surface area (Å²) in [6.45, 7) is 4.70. The highest BCUT2D eigenvalue weighted by atomic mass is 15.1. The monoisotopic (exact) mass is 515 g/mol. The average molecular weight is 516 g/mol. The first-order chi connectivity index (χ1) is 19.6. The average Bonchev–Trinajstić information content (AvgIpc) is 3.26. The molecule has 0 saturated carbocycles. The summed E-state index contributed by atoms with van der Waals surface area (Å²) < 4.78 is 0. The van der Waals surface area contributed by atoms with E-state index in [1.165, 1.54) is 50.3 Å². The molecule has 5 aromatic carbocycles. The van der Waals surface area contributed by atoms with Gasteiger partial charge in [0.15, 0.2) is 0 Å². The number of allylic oxidation sites excluding steroid dienone is 4. The summed E-state index contributed by atoms with van der Waals surface area (Å²) in [4.78, 5) is 2.44. The topological polar surface area (TPSA) is 3.24 Å². The summed E-state index contributed by atoms with van der Waals surface area (Å²) in [7, 11) is 0. The van der Waals surface area contributed by atoms with Gasteiger partial charge in [-0.1, -0.05) is 129 Å². The minimum absolute atomic E-state index is 0.0462. The van der Waals surface area contributed by atoms with E-state index >= 15 is 0 Å². The molecular weight excluding hydrogens is 482 g/mol. The molecule has 5 aromatic rings. The van der Waals surface area contributed by atoms with Crippen molar-refractivity contribution in [3.8, 4) is 22.3 Å². The molecule has 1 atom stereocenters. The maximum atomic E-state index is 2.44. The zero-order valence-electron chi connectivity index (χ0n) is 23.1. The molecule has 2 aliphatic rings. The van der Waals surface area contributed by atoms with Gasteiger partial charge in [0, 0.05) is 28.3 Å². The third-order valence-corrected chi connectivity index (χ3v) is 8.62. The molecule has 0 saturated heterocycles. The second-order valence-electron chi connectivity index (χ2n) is 11.4. The van der Waals surface area contributed by atoms with E-state index < -0.39 is 0 Å². The van der Waals surface area contributed by atoms with Gasteiger partial charge in [0.05, 0.1) is 5.69 Å². The highest BCUT2D eigenvalue weighted by Gasteiger charge is 2.37. The van der Waals surface area contributed by atoms with Gasteiger partial charge in [-0.25, -0.2) is 0 Å². The summed E-state index contributed by atoms with van der Waals surface area (Å²) >= 11 is 0. The van der Waals surface area contributed by atoms with Gasteiger partial charge < -0.3 is 4.90 Å². The zero-order chi connectivity index (χ0) is 27.1. The van der Waals surface area contributed by atoms with E-state index in [-0.39, 0.29) is 5.41 Å². The fourth-order valence-corrected chi connectivity index (χ4v) is 6.48. The number of rotatable bonds is 5. The first kappa shape index (κ1) is 24.4. The van der Waals surface area contributed by atoms with Gasteiger partial charge in [0.25, 0.3) is 0 Å². The Morgan fingerprint density at radius 3 is 1.98 bits per heavy atom. The van der Waals surface area contributed by atoms with Gasteiger partial charge >= 0.3 is 0 Å². The van der Waals surface area contributed by atoms with Crippen molar-refractivity contribution in [1.29, 1.82) is 0 Å². The van der Waals surface area contributed by atoms with Gasteiger partial charge in [0.1, 0.15) is 0 Å². The molecule has 0 radical (unpaired) electrons. The summed E-state index contributed by atoms with van der Waals surface area (Å²) in [6, 6.07) is 44.5. The SMILES string of the molecule is CC1(C)c2ccccc2-c2c(N(c3ccc(-c4ccccc4)cc3)c3ccc(C4C=CC=CC4)cc3)cccc21. The summed E-state index contributed by atoms with van der Waals surface area (Å²) in [5.74, 6) is 0.436. The number of fused-ring (bicyclic) bond motifs is 3. The van der Waals surface area contributed by atoms with Gasteiger partial charge in [0.2, 0.25) is 0 Å². The Bertz CT molecular complexity index is 1720. The largest absolute Gasteiger partial charge is 0.310 e. The van der Waals surface area contributed by atoms with Crippen molar-refractivity contribution in [3.05, 3.63) is 162 Å². The maximum Gasteiger partial charge on any atom is 0.0543 e. The molecule has 7 rings (SSSR count). The van der Waals surface area contributed by atoms with Gasteiger partial charge in [-0.3, -0.25) is 0 Å². The second kappa shape index (κ2) is 9.84. The smallest absolute Gasteiger partial charge is 0.0543 e. The Balaban J connectivity index is 1.38. The predicted octanol–water partition coefficient (Wildman–Crippen LogP) is 10.7. The lowest BCUT2D eigenvalue weighted by atomic mass is 9.82. The normalized spacial score (nSPS) is 16.4. The van der Waals surface area contributed by atoms with Crippen molar-refractivity contribution in [3.63, 3.8) is 0 Å². The van der Waals surface area contributed by atoms with Crippen LogP contribution in [0.4, 0.5) is 17.1 Å². The predicted molar refractivity (Wildman–Crippen MR) is 170 cm³/mol. The van der Waals surface area contributed by atoms with Crippen LogP contribution in [0.5, 0.6) is 0 Å². The molecule has 0 amide bonds. The standard InChI is InChI=1S/C39H33N/c1-39(2)35-17-10-9-16-34(35)38-36(39)18-11-19-37(38)40(32-24-20-30(21-25-32)28-12-5-3-6-13-28)33-26-22-31(23-27-33)29-14-7-4-8-15-29/h3-14,16-27,29H,15H2,1-2H3. The maximum absolute atomic E-state index is 2.44. The van der Waals surface area contributed by atoms with Crippen LogP contribution < -0.4 is 4.90 Å². The van der Waals surface area contributed by atoms with Gasteiger partial charge in [-0.2, -0.15) is 0 Å². The number of anilines is 3. The van der Waals surface area contributed by atoms with Crippen LogP contribution in [0.15, 0.2) is 146 Å². The van der Waals surface area contributed by atoms with Crippen molar-refractivity contribution in [2.75, 3.05) is 4.90 Å². The molecule has 0 aromatic heterocycles. The minimum Gasteiger partial charge on any atom is -0.310 e. The van der Waals surface area contributed by atoms with Crippen molar-refractivity contribution in [1.82, 2.24) is 0 Å². The van der Waals surface area contributed by atoms with E-state index in [9.17, 15) is 0 Å². The highest BCUT2D eigenvalue weighted by Crippen LogP contribution is 2.54. The van der Waals surface area contributed by atoms with E-state index in [0.29, 0.717) is 5.92 Å². The second-order valence-corrected chi connectivity index (χ2v) is 11.4. The fraction of sp³-hybridized carbons (Fsp3) is 0.128. The molecule has 194 valence electrons. The molecule has 1 unspecified atom stereocenters. The third-order valence-electron chi connectivity index (χ3n) is 8.62. The Hall–Kier alpha value is -4.62. The van der Waals surface area contributed by atoms with Crippen LogP contribution in [0.25, 0.3) is 22.3 Å². The quantitative estimate of drug-likeness (QED) is 0.225. The Morgan fingerprint density at radius 1 is 0.600 bits per heavy atom. The number of nitrogens with zero attached hydrogens (tertiary/aromatic N) is 1. The fourth-order valence-electron chi connectivity index (χ4n) is 6.48. The van der Waals surface area contributed by atoms with Crippen LogP contribution in [-0.4, -0.2) is 0 Å². The molecule has 0 spiro atoms. The summed E-state index contributed by atoms with van der Waals surface area (Å²) in [5.41, 5.74) is 12.7. The van der Waals surface area contributed by atoms with Crippen LogP contribution in [0.2, 0.25) is 0 Å². The van der Waals surface area contributed by atoms with Crippen LogP contribution >= 0.6 is 0 Å². The summed E-state index contributed by atoms with van der Waals surface area (Å²) in [5, 5.41) is 0. The van der Waals surface area contributed by atoms with E-state index in [0.717, 1.165) is 12.1 Å². The minimum atomic E-state index is -0.0462. The lowest BCUT2D eigenvalue weighted by molar-refractivity contribution is 0.660. The van der Waals surface area contributed by atoms with Gasteiger partial charge in [-0.15, -0.1) is 0 Å². The van der Waals surface area contributed by atoms with Crippen LogP contribution in [-0.2, 0) is 5.41 Å². The number of benzene rings is 5. The van der Waals surface area contributed by atoms with E-state index in [1.54, 1.807) is 0 Å².